The zero-order valence-electron chi connectivity index (χ0n) is 20.7. The van der Waals surface area contributed by atoms with Crippen molar-refractivity contribution >= 4 is 11.9 Å². The first-order valence-electron chi connectivity index (χ1n) is 12.8. The summed E-state index contributed by atoms with van der Waals surface area (Å²) in [7, 11) is 0. The van der Waals surface area contributed by atoms with Gasteiger partial charge >= 0.3 is 11.9 Å². The third kappa shape index (κ3) is 4.73. The van der Waals surface area contributed by atoms with Gasteiger partial charge < -0.3 is 9.47 Å². The third-order valence-electron chi connectivity index (χ3n) is 7.78. The van der Waals surface area contributed by atoms with Crippen molar-refractivity contribution in [1.29, 1.82) is 0 Å². The van der Waals surface area contributed by atoms with E-state index in [9.17, 15) is 9.59 Å². The average molecular weight is 481 g/mol. The number of rotatable bonds is 5. The summed E-state index contributed by atoms with van der Waals surface area (Å²) in [6, 6.07) is 18.0. The molecule has 3 unspecified atom stereocenters. The molecule has 2 aromatic rings. The lowest BCUT2D eigenvalue weighted by Crippen LogP contribution is -2.55. The van der Waals surface area contributed by atoms with E-state index in [0.29, 0.717) is 11.1 Å². The predicted molar refractivity (Wildman–Crippen MR) is 140 cm³/mol. The summed E-state index contributed by atoms with van der Waals surface area (Å²) in [6.07, 6.45) is 13.7. The predicted octanol–water partition coefficient (Wildman–Crippen LogP) is 6.73. The van der Waals surface area contributed by atoms with E-state index in [0.717, 1.165) is 12.8 Å². The molecule has 1 fully saturated rings. The van der Waals surface area contributed by atoms with Gasteiger partial charge in [-0.3, -0.25) is 0 Å². The minimum absolute atomic E-state index is 0.0397. The summed E-state index contributed by atoms with van der Waals surface area (Å²) in [5, 5.41) is 0. The van der Waals surface area contributed by atoms with E-state index in [4.69, 9.17) is 9.47 Å². The molecule has 0 bridgehead atoms. The summed E-state index contributed by atoms with van der Waals surface area (Å²) in [4.78, 5) is 26.6. The van der Waals surface area contributed by atoms with Gasteiger partial charge in [-0.25, -0.2) is 9.59 Å². The maximum atomic E-state index is 13.4. The Morgan fingerprint density at radius 1 is 0.778 bits per heavy atom. The molecule has 0 amide bonds. The summed E-state index contributed by atoms with van der Waals surface area (Å²) in [5.41, 5.74) is 3.47. The van der Waals surface area contributed by atoms with E-state index in [1.807, 2.05) is 36.4 Å². The van der Waals surface area contributed by atoms with E-state index in [2.05, 4.69) is 50.3 Å². The number of carbonyl (C=O) groups is 2. The minimum Gasteiger partial charge on any atom is -0.454 e. The second-order valence-corrected chi connectivity index (χ2v) is 9.96. The standard InChI is InChI=1S/C32H32O4/c1-21-13-9-10-18-25(21)28-27-20-12-11-19-26(27)22(2)29(35-31(33)23-14-5-3-6-15-23)30(28)36-32(34)24-16-7-4-8-17-24/h3-8,10-12,14-20,22,26-30H,9,13H2,1-2H3/t22-,26?,27?,28-,29+,30?/m0/s1. The van der Waals surface area contributed by atoms with Crippen molar-refractivity contribution in [2.75, 3.05) is 0 Å². The number of allylic oxidation sites excluding steroid dienone is 7. The van der Waals surface area contributed by atoms with Gasteiger partial charge in [-0.15, -0.1) is 0 Å². The Kier molecular flexibility index (Phi) is 7.04. The minimum atomic E-state index is -0.620. The van der Waals surface area contributed by atoms with Crippen LogP contribution >= 0.6 is 0 Å². The molecular weight excluding hydrogens is 448 g/mol. The molecule has 2 aromatic carbocycles. The van der Waals surface area contributed by atoms with Crippen molar-refractivity contribution in [1.82, 2.24) is 0 Å². The van der Waals surface area contributed by atoms with Crippen molar-refractivity contribution < 1.29 is 19.1 Å². The highest BCUT2D eigenvalue weighted by atomic mass is 16.6. The van der Waals surface area contributed by atoms with Crippen LogP contribution in [-0.2, 0) is 9.47 Å². The first-order chi connectivity index (χ1) is 17.5. The topological polar surface area (TPSA) is 52.6 Å². The second-order valence-electron chi connectivity index (χ2n) is 9.96. The number of ether oxygens (including phenoxy) is 2. The zero-order valence-corrected chi connectivity index (χ0v) is 20.7. The Morgan fingerprint density at radius 3 is 1.92 bits per heavy atom. The SMILES string of the molecule is CC1=C([C@H]2C3C=CC=CC3[C@H](C)[C@@H](OC(=O)c3ccccc3)C2OC(=O)c2ccccc2)C=CCC1. The van der Waals surface area contributed by atoms with Gasteiger partial charge in [0.2, 0.25) is 0 Å². The number of carbonyl (C=O) groups excluding carboxylic acids is 2. The first kappa shape index (κ1) is 24.1. The molecule has 5 rings (SSSR count). The summed E-state index contributed by atoms with van der Waals surface area (Å²) < 4.78 is 12.5. The smallest absolute Gasteiger partial charge is 0.338 e. The highest BCUT2D eigenvalue weighted by Crippen LogP contribution is 2.49. The number of hydrogen-bond acceptors (Lipinski definition) is 4. The Bertz CT molecular complexity index is 1220. The number of benzene rings is 2. The Morgan fingerprint density at radius 2 is 1.33 bits per heavy atom. The molecule has 4 heteroatoms. The molecule has 0 saturated heterocycles. The largest absolute Gasteiger partial charge is 0.454 e. The molecule has 0 aromatic heterocycles. The van der Waals surface area contributed by atoms with Crippen LogP contribution in [0.4, 0.5) is 0 Å². The van der Waals surface area contributed by atoms with Crippen LogP contribution < -0.4 is 0 Å². The van der Waals surface area contributed by atoms with Crippen LogP contribution in [0.3, 0.4) is 0 Å². The van der Waals surface area contributed by atoms with E-state index in [1.54, 1.807) is 24.3 Å². The van der Waals surface area contributed by atoms with Crippen molar-refractivity contribution in [3.63, 3.8) is 0 Å². The number of hydrogen-bond donors (Lipinski definition) is 0. The zero-order chi connectivity index (χ0) is 25.1. The summed E-state index contributed by atoms with van der Waals surface area (Å²) >= 11 is 0. The molecule has 0 spiro atoms. The average Bonchev–Trinajstić information content (AvgIpc) is 2.92. The van der Waals surface area contributed by atoms with Gasteiger partial charge in [0.25, 0.3) is 0 Å². The number of fused-ring (bicyclic) bond motifs is 1. The fourth-order valence-corrected chi connectivity index (χ4v) is 5.89. The monoisotopic (exact) mass is 480 g/mol. The van der Waals surface area contributed by atoms with Crippen LogP contribution in [0.5, 0.6) is 0 Å². The van der Waals surface area contributed by atoms with Gasteiger partial charge in [0, 0.05) is 11.8 Å². The van der Waals surface area contributed by atoms with Crippen LogP contribution in [-0.4, -0.2) is 24.1 Å². The molecular formula is C32H32O4. The summed E-state index contributed by atoms with van der Waals surface area (Å²) in [5.74, 6) is -0.655. The maximum Gasteiger partial charge on any atom is 0.338 e. The van der Waals surface area contributed by atoms with Gasteiger partial charge in [-0.05, 0) is 61.4 Å². The highest BCUT2D eigenvalue weighted by molar-refractivity contribution is 5.90. The fraction of sp³-hybridized carbons (Fsp3) is 0.312. The van der Waals surface area contributed by atoms with E-state index < -0.39 is 24.1 Å². The molecule has 0 aliphatic heterocycles. The van der Waals surface area contributed by atoms with Gasteiger partial charge in [-0.2, -0.15) is 0 Å². The molecule has 184 valence electrons. The molecule has 0 radical (unpaired) electrons. The van der Waals surface area contributed by atoms with Gasteiger partial charge in [0.15, 0.2) is 0 Å². The van der Waals surface area contributed by atoms with Gasteiger partial charge in [0.05, 0.1) is 11.1 Å². The first-order valence-corrected chi connectivity index (χ1v) is 12.8. The molecule has 36 heavy (non-hydrogen) atoms. The van der Waals surface area contributed by atoms with Crippen LogP contribution in [0.15, 0.2) is 108 Å². The molecule has 4 nitrogen and oxygen atoms in total. The highest BCUT2D eigenvalue weighted by Gasteiger charge is 2.52. The Hall–Kier alpha value is -3.66. The summed E-state index contributed by atoms with van der Waals surface area (Å²) in [6.45, 7) is 4.26. The maximum absolute atomic E-state index is 13.4. The van der Waals surface area contributed by atoms with Crippen molar-refractivity contribution in [3.8, 4) is 0 Å². The van der Waals surface area contributed by atoms with Crippen molar-refractivity contribution in [2.24, 2.45) is 23.7 Å². The molecule has 6 atom stereocenters. The lowest BCUT2D eigenvalue weighted by molar-refractivity contribution is -0.109. The molecule has 0 N–H and O–H groups in total. The van der Waals surface area contributed by atoms with Crippen LogP contribution in [0.1, 0.15) is 47.4 Å². The van der Waals surface area contributed by atoms with Gasteiger partial charge in [-0.1, -0.05) is 85.4 Å². The van der Waals surface area contributed by atoms with E-state index in [1.165, 1.54) is 11.1 Å². The fourth-order valence-electron chi connectivity index (χ4n) is 5.89. The molecule has 3 aliphatic carbocycles. The molecule has 1 saturated carbocycles. The quantitative estimate of drug-likeness (QED) is 0.445. The lowest BCUT2D eigenvalue weighted by Gasteiger charge is -2.49. The van der Waals surface area contributed by atoms with Crippen LogP contribution in [0.25, 0.3) is 0 Å². The molecule has 3 aliphatic rings. The lowest BCUT2D eigenvalue weighted by atomic mass is 9.60. The van der Waals surface area contributed by atoms with Crippen LogP contribution in [0, 0.1) is 23.7 Å². The molecule has 0 heterocycles. The second kappa shape index (κ2) is 10.5. The van der Waals surface area contributed by atoms with Crippen molar-refractivity contribution in [3.05, 3.63) is 119 Å². The van der Waals surface area contributed by atoms with Gasteiger partial charge in [0.1, 0.15) is 12.2 Å². The van der Waals surface area contributed by atoms with Crippen LogP contribution in [0.2, 0.25) is 0 Å². The Labute approximate surface area is 213 Å². The normalized spacial score (nSPS) is 28.9. The number of esters is 2. The van der Waals surface area contributed by atoms with Crippen molar-refractivity contribution in [2.45, 2.75) is 38.9 Å². The Balaban J connectivity index is 1.57. The van der Waals surface area contributed by atoms with E-state index in [-0.39, 0.29) is 23.7 Å². The van der Waals surface area contributed by atoms with E-state index >= 15 is 0 Å². The third-order valence-corrected chi connectivity index (χ3v) is 7.78.